The Labute approximate surface area is 112 Å². The molecule has 1 aromatic rings. The molecule has 0 aromatic heterocycles. The average Bonchev–Trinajstić information content (AvgIpc) is 2.67. The maximum Gasteiger partial charge on any atom is 0.00954 e. The van der Waals surface area contributed by atoms with Gasteiger partial charge in [-0.2, -0.15) is 0 Å². The van der Waals surface area contributed by atoms with Gasteiger partial charge in [0.2, 0.25) is 0 Å². The van der Waals surface area contributed by atoms with Gasteiger partial charge in [0.1, 0.15) is 0 Å². The molecule has 1 aliphatic rings. The van der Waals surface area contributed by atoms with Crippen LogP contribution in [0.25, 0.3) is 0 Å². The fraction of sp³-hybridized carbons (Fsp3) is 0.647. The topological polar surface area (TPSA) is 12.0 Å². The molecule has 2 rings (SSSR count). The molecule has 100 valence electrons. The lowest BCUT2D eigenvalue weighted by molar-refractivity contribution is 0.354. The van der Waals surface area contributed by atoms with Crippen LogP contribution in [0.4, 0.5) is 0 Å². The Hall–Kier alpha value is -0.820. The summed E-state index contributed by atoms with van der Waals surface area (Å²) in [7, 11) is 0. The van der Waals surface area contributed by atoms with Gasteiger partial charge in [0.15, 0.2) is 0 Å². The maximum atomic E-state index is 3.64. The first-order valence-electron chi connectivity index (χ1n) is 7.42. The second kappa shape index (κ2) is 5.88. The normalized spacial score (nSPS) is 27.7. The van der Waals surface area contributed by atoms with Crippen molar-refractivity contribution >= 4 is 0 Å². The number of hydrogen-bond acceptors (Lipinski definition) is 1. The van der Waals surface area contributed by atoms with Gasteiger partial charge in [0.05, 0.1) is 0 Å². The van der Waals surface area contributed by atoms with Crippen LogP contribution in [0.2, 0.25) is 0 Å². The van der Waals surface area contributed by atoms with Gasteiger partial charge >= 0.3 is 0 Å². The lowest BCUT2D eigenvalue weighted by Crippen LogP contribution is -2.32. The standard InChI is InChI=1S/C17H27N/c1-5-18-17-10-9-15(14(17)4)11-16-12(2)7-6-8-13(16)3/h6-8,14-15,17-18H,5,9-11H2,1-4H3. The Morgan fingerprint density at radius 1 is 1.17 bits per heavy atom. The second-order valence-electron chi connectivity index (χ2n) is 5.94. The number of nitrogens with one attached hydrogen (secondary N) is 1. The highest BCUT2D eigenvalue weighted by Gasteiger charge is 2.32. The predicted octanol–water partition coefficient (Wildman–Crippen LogP) is 3.87. The van der Waals surface area contributed by atoms with Crippen molar-refractivity contribution in [2.45, 2.75) is 53.0 Å². The van der Waals surface area contributed by atoms with Crippen LogP contribution in [0, 0.1) is 25.7 Å². The molecular weight excluding hydrogens is 218 g/mol. The van der Waals surface area contributed by atoms with Crippen LogP contribution in [0.3, 0.4) is 0 Å². The van der Waals surface area contributed by atoms with Gasteiger partial charge in [-0.1, -0.05) is 32.0 Å². The first-order valence-corrected chi connectivity index (χ1v) is 7.42. The molecule has 0 amide bonds. The summed E-state index contributed by atoms with van der Waals surface area (Å²) in [5.41, 5.74) is 4.52. The van der Waals surface area contributed by atoms with Crippen molar-refractivity contribution in [1.82, 2.24) is 5.32 Å². The minimum atomic E-state index is 0.740. The summed E-state index contributed by atoms with van der Waals surface area (Å²) in [6.07, 6.45) is 4.00. The second-order valence-corrected chi connectivity index (χ2v) is 5.94. The Balaban J connectivity index is 2.06. The molecule has 1 N–H and O–H groups in total. The van der Waals surface area contributed by atoms with Crippen molar-refractivity contribution in [2.24, 2.45) is 11.8 Å². The zero-order chi connectivity index (χ0) is 13.1. The average molecular weight is 245 g/mol. The smallest absolute Gasteiger partial charge is 0.00954 e. The number of benzene rings is 1. The monoisotopic (exact) mass is 245 g/mol. The van der Waals surface area contributed by atoms with Crippen LogP contribution >= 0.6 is 0 Å². The molecule has 3 atom stereocenters. The predicted molar refractivity (Wildman–Crippen MR) is 79.0 cm³/mol. The lowest BCUT2D eigenvalue weighted by Gasteiger charge is -2.22. The van der Waals surface area contributed by atoms with E-state index in [1.807, 2.05) is 0 Å². The van der Waals surface area contributed by atoms with E-state index in [2.05, 4.69) is 51.2 Å². The van der Waals surface area contributed by atoms with Crippen molar-refractivity contribution in [3.05, 3.63) is 34.9 Å². The van der Waals surface area contributed by atoms with E-state index in [9.17, 15) is 0 Å². The molecule has 1 aliphatic carbocycles. The molecule has 1 fully saturated rings. The van der Waals surface area contributed by atoms with Crippen LogP contribution < -0.4 is 5.32 Å². The molecule has 3 unspecified atom stereocenters. The van der Waals surface area contributed by atoms with Gasteiger partial charge in [-0.05, 0) is 68.2 Å². The van der Waals surface area contributed by atoms with Crippen LogP contribution in [-0.4, -0.2) is 12.6 Å². The van der Waals surface area contributed by atoms with Crippen molar-refractivity contribution in [3.63, 3.8) is 0 Å². The quantitative estimate of drug-likeness (QED) is 0.849. The van der Waals surface area contributed by atoms with Crippen LogP contribution in [0.1, 0.15) is 43.4 Å². The summed E-state index contributed by atoms with van der Waals surface area (Å²) in [5.74, 6) is 1.66. The zero-order valence-corrected chi connectivity index (χ0v) is 12.3. The fourth-order valence-corrected chi connectivity index (χ4v) is 3.52. The highest BCUT2D eigenvalue weighted by atomic mass is 14.9. The number of hydrogen-bond donors (Lipinski definition) is 1. The third kappa shape index (κ3) is 2.77. The maximum absolute atomic E-state index is 3.64. The van der Waals surface area contributed by atoms with Crippen LogP contribution in [0.5, 0.6) is 0 Å². The van der Waals surface area contributed by atoms with E-state index in [-0.39, 0.29) is 0 Å². The molecule has 0 spiro atoms. The van der Waals surface area contributed by atoms with Gasteiger partial charge in [-0.25, -0.2) is 0 Å². The molecule has 0 saturated heterocycles. The van der Waals surface area contributed by atoms with E-state index in [4.69, 9.17) is 0 Å². The molecule has 0 heterocycles. The van der Waals surface area contributed by atoms with Gasteiger partial charge in [0, 0.05) is 6.04 Å². The molecule has 1 nitrogen and oxygen atoms in total. The molecule has 0 aliphatic heterocycles. The van der Waals surface area contributed by atoms with Crippen molar-refractivity contribution in [3.8, 4) is 0 Å². The van der Waals surface area contributed by atoms with Crippen LogP contribution in [-0.2, 0) is 6.42 Å². The van der Waals surface area contributed by atoms with Crippen molar-refractivity contribution in [1.29, 1.82) is 0 Å². The van der Waals surface area contributed by atoms with Crippen LogP contribution in [0.15, 0.2) is 18.2 Å². The highest BCUT2D eigenvalue weighted by molar-refractivity contribution is 5.34. The first kappa shape index (κ1) is 13.6. The van der Waals surface area contributed by atoms with E-state index in [1.54, 1.807) is 5.56 Å². The van der Waals surface area contributed by atoms with Gasteiger partial charge in [0.25, 0.3) is 0 Å². The van der Waals surface area contributed by atoms with E-state index in [0.717, 1.165) is 24.4 Å². The largest absolute Gasteiger partial charge is 0.314 e. The lowest BCUT2D eigenvalue weighted by atomic mass is 9.86. The SMILES string of the molecule is CCNC1CCC(Cc2c(C)cccc2C)C1C. The fourth-order valence-electron chi connectivity index (χ4n) is 3.52. The van der Waals surface area contributed by atoms with Gasteiger partial charge < -0.3 is 5.32 Å². The summed E-state index contributed by atoms with van der Waals surface area (Å²) in [6, 6.07) is 7.42. The van der Waals surface area contributed by atoms with Gasteiger partial charge in [-0.15, -0.1) is 0 Å². The summed E-state index contributed by atoms with van der Waals surface area (Å²) in [6.45, 7) is 10.3. The Bertz CT molecular complexity index is 376. The summed E-state index contributed by atoms with van der Waals surface area (Å²) in [4.78, 5) is 0. The minimum Gasteiger partial charge on any atom is -0.314 e. The molecule has 1 aromatic carbocycles. The van der Waals surface area contributed by atoms with Gasteiger partial charge in [-0.3, -0.25) is 0 Å². The number of rotatable bonds is 4. The summed E-state index contributed by atoms with van der Waals surface area (Å²) in [5, 5.41) is 3.64. The summed E-state index contributed by atoms with van der Waals surface area (Å²) < 4.78 is 0. The Morgan fingerprint density at radius 2 is 1.83 bits per heavy atom. The molecule has 18 heavy (non-hydrogen) atoms. The van der Waals surface area contributed by atoms with Crippen molar-refractivity contribution < 1.29 is 0 Å². The van der Waals surface area contributed by atoms with Crippen molar-refractivity contribution in [2.75, 3.05) is 6.54 Å². The molecule has 1 heteroatoms. The summed E-state index contributed by atoms with van der Waals surface area (Å²) >= 11 is 0. The molecule has 0 bridgehead atoms. The van der Waals surface area contributed by atoms with E-state index in [0.29, 0.717) is 0 Å². The molecule has 1 saturated carbocycles. The third-order valence-electron chi connectivity index (χ3n) is 4.80. The third-order valence-corrected chi connectivity index (χ3v) is 4.80. The van der Waals surface area contributed by atoms with E-state index < -0.39 is 0 Å². The Kier molecular flexibility index (Phi) is 4.45. The molecule has 0 radical (unpaired) electrons. The van der Waals surface area contributed by atoms with E-state index >= 15 is 0 Å². The number of aryl methyl sites for hydroxylation is 2. The Morgan fingerprint density at radius 3 is 2.44 bits per heavy atom. The van der Waals surface area contributed by atoms with E-state index in [1.165, 1.54) is 30.4 Å². The first-order chi connectivity index (χ1) is 8.63. The molecular formula is C17H27N. The zero-order valence-electron chi connectivity index (χ0n) is 12.3. The minimum absolute atomic E-state index is 0.740. The highest BCUT2D eigenvalue weighted by Crippen LogP contribution is 2.35.